The maximum Gasteiger partial charge on any atom is 0.0907 e. The molecule has 1 fully saturated rings. The molecule has 0 amide bonds. The standard InChI is InChI=1S/C13H15N3O/c1-13(8-17-9-13)7-16-10-2-3-11-12(6-10)15-5-4-14-11/h2-6,16H,7-9H2,1H3. The lowest BCUT2D eigenvalue weighted by atomic mass is 9.89. The van der Waals surface area contributed by atoms with E-state index in [9.17, 15) is 0 Å². The number of fused-ring (bicyclic) bond motifs is 1. The maximum absolute atomic E-state index is 5.23. The van der Waals surface area contributed by atoms with Crippen molar-refractivity contribution >= 4 is 16.7 Å². The zero-order chi connectivity index (χ0) is 11.7. The SMILES string of the molecule is CC1(CNc2ccc3nccnc3c2)COC1. The van der Waals surface area contributed by atoms with Crippen LogP contribution in [0, 0.1) is 5.41 Å². The summed E-state index contributed by atoms with van der Waals surface area (Å²) in [6.07, 6.45) is 3.43. The number of nitrogens with one attached hydrogen (secondary N) is 1. The summed E-state index contributed by atoms with van der Waals surface area (Å²) in [5.41, 5.74) is 3.21. The van der Waals surface area contributed by atoms with Gasteiger partial charge in [-0.1, -0.05) is 6.92 Å². The van der Waals surface area contributed by atoms with E-state index in [2.05, 4.69) is 22.2 Å². The Morgan fingerprint density at radius 1 is 1.24 bits per heavy atom. The van der Waals surface area contributed by atoms with Crippen molar-refractivity contribution in [1.29, 1.82) is 0 Å². The van der Waals surface area contributed by atoms with Gasteiger partial charge in [-0.3, -0.25) is 9.97 Å². The molecule has 1 aromatic heterocycles. The molecule has 0 bridgehead atoms. The smallest absolute Gasteiger partial charge is 0.0907 e. The molecular weight excluding hydrogens is 214 g/mol. The first-order valence-electron chi connectivity index (χ1n) is 5.78. The molecule has 2 aromatic rings. The molecule has 0 atom stereocenters. The quantitative estimate of drug-likeness (QED) is 0.875. The zero-order valence-corrected chi connectivity index (χ0v) is 9.81. The predicted molar refractivity (Wildman–Crippen MR) is 67.0 cm³/mol. The molecule has 1 aromatic carbocycles. The van der Waals surface area contributed by atoms with Crippen molar-refractivity contribution in [3.8, 4) is 0 Å². The van der Waals surface area contributed by atoms with Crippen LogP contribution in [-0.2, 0) is 4.74 Å². The molecule has 0 radical (unpaired) electrons. The lowest BCUT2D eigenvalue weighted by Gasteiger charge is -2.38. The lowest BCUT2D eigenvalue weighted by molar-refractivity contribution is -0.0924. The first-order chi connectivity index (χ1) is 8.25. The summed E-state index contributed by atoms with van der Waals surface area (Å²) in [4.78, 5) is 8.54. The van der Waals surface area contributed by atoms with Crippen molar-refractivity contribution in [2.45, 2.75) is 6.92 Å². The van der Waals surface area contributed by atoms with Crippen LogP contribution in [0.2, 0.25) is 0 Å². The van der Waals surface area contributed by atoms with Crippen LogP contribution in [0.3, 0.4) is 0 Å². The fourth-order valence-electron chi connectivity index (χ4n) is 1.94. The van der Waals surface area contributed by atoms with Gasteiger partial charge in [-0.25, -0.2) is 0 Å². The van der Waals surface area contributed by atoms with Crippen LogP contribution >= 0.6 is 0 Å². The van der Waals surface area contributed by atoms with Gasteiger partial charge in [0.1, 0.15) is 0 Å². The molecule has 4 heteroatoms. The number of aromatic nitrogens is 2. The Labute approximate surface area is 100 Å². The van der Waals surface area contributed by atoms with Gasteiger partial charge in [0.15, 0.2) is 0 Å². The van der Waals surface area contributed by atoms with Crippen molar-refractivity contribution in [3.63, 3.8) is 0 Å². The van der Waals surface area contributed by atoms with Gasteiger partial charge in [0.25, 0.3) is 0 Å². The molecule has 1 aliphatic heterocycles. The summed E-state index contributed by atoms with van der Waals surface area (Å²) in [7, 11) is 0. The van der Waals surface area contributed by atoms with E-state index < -0.39 is 0 Å². The molecule has 0 unspecified atom stereocenters. The highest BCUT2D eigenvalue weighted by Gasteiger charge is 2.32. The third-order valence-electron chi connectivity index (χ3n) is 3.09. The highest BCUT2D eigenvalue weighted by Crippen LogP contribution is 2.27. The van der Waals surface area contributed by atoms with Crippen LogP contribution in [0.5, 0.6) is 0 Å². The van der Waals surface area contributed by atoms with Crippen LogP contribution < -0.4 is 5.32 Å². The summed E-state index contributed by atoms with van der Waals surface area (Å²) >= 11 is 0. The Hall–Kier alpha value is -1.68. The van der Waals surface area contributed by atoms with Gasteiger partial charge in [-0.05, 0) is 18.2 Å². The van der Waals surface area contributed by atoms with Crippen molar-refractivity contribution in [2.24, 2.45) is 5.41 Å². The van der Waals surface area contributed by atoms with E-state index in [-0.39, 0.29) is 5.41 Å². The number of hydrogen-bond acceptors (Lipinski definition) is 4. The monoisotopic (exact) mass is 229 g/mol. The number of hydrogen-bond donors (Lipinski definition) is 1. The summed E-state index contributed by atoms with van der Waals surface area (Å²) < 4.78 is 5.23. The largest absolute Gasteiger partial charge is 0.384 e. The maximum atomic E-state index is 5.23. The molecule has 1 N–H and O–H groups in total. The molecule has 4 nitrogen and oxygen atoms in total. The van der Waals surface area contributed by atoms with Gasteiger partial charge in [0.05, 0.1) is 24.2 Å². The molecule has 0 aliphatic carbocycles. The van der Waals surface area contributed by atoms with E-state index in [0.717, 1.165) is 36.5 Å². The molecule has 0 spiro atoms. The van der Waals surface area contributed by atoms with Crippen molar-refractivity contribution in [2.75, 3.05) is 25.1 Å². The molecule has 17 heavy (non-hydrogen) atoms. The predicted octanol–water partition coefficient (Wildman–Crippen LogP) is 2.08. The van der Waals surface area contributed by atoms with Crippen LogP contribution in [0.25, 0.3) is 11.0 Å². The van der Waals surface area contributed by atoms with Gasteiger partial charge in [-0.15, -0.1) is 0 Å². The molecular formula is C13H15N3O. The van der Waals surface area contributed by atoms with Crippen molar-refractivity contribution in [1.82, 2.24) is 9.97 Å². The summed E-state index contributed by atoms with van der Waals surface area (Å²) in [5, 5.41) is 3.43. The van der Waals surface area contributed by atoms with Gasteiger partial charge < -0.3 is 10.1 Å². The number of anilines is 1. The third-order valence-corrected chi connectivity index (χ3v) is 3.09. The molecule has 1 aliphatic rings. The van der Waals surface area contributed by atoms with Crippen LogP contribution in [0.4, 0.5) is 5.69 Å². The van der Waals surface area contributed by atoms with Crippen molar-refractivity contribution in [3.05, 3.63) is 30.6 Å². The van der Waals surface area contributed by atoms with E-state index >= 15 is 0 Å². The normalized spacial score (nSPS) is 17.7. The number of nitrogens with zero attached hydrogens (tertiary/aromatic N) is 2. The molecule has 2 heterocycles. The Morgan fingerprint density at radius 2 is 2.00 bits per heavy atom. The topological polar surface area (TPSA) is 47.0 Å². The highest BCUT2D eigenvalue weighted by molar-refractivity contribution is 5.78. The first-order valence-corrected chi connectivity index (χ1v) is 5.78. The third kappa shape index (κ3) is 2.08. The zero-order valence-electron chi connectivity index (χ0n) is 9.81. The van der Waals surface area contributed by atoms with Gasteiger partial charge in [0.2, 0.25) is 0 Å². The van der Waals surface area contributed by atoms with Gasteiger partial charge in [0, 0.05) is 30.0 Å². The minimum absolute atomic E-state index is 0.275. The summed E-state index contributed by atoms with van der Waals surface area (Å²) in [5.74, 6) is 0. The fourth-order valence-corrected chi connectivity index (χ4v) is 1.94. The second kappa shape index (κ2) is 3.96. The molecule has 0 saturated carbocycles. The Bertz CT molecular complexity index is 537. The van der Waals surface area contributed by atoms with Crippen LogP contribution in [0.1, 0.15) is 6.92 Å². The van der Waals surface area contributed by atoms with E-state index in [4.69, 9.17) is 4.74 Å². The second-order valence-corrected chi connectivity index (χ2v) is 4.92. The molecule has 3 rings (SSSR count). The molecule has 1 saturated heterocycles. The fraction of sp³-hybridized carbons (Fsp3) is 0.385. The van der Waals surface area contributed by atoms with Gasteiger partial charge in [-0.2, -0.15) is 0 Å². The molecule has 88 valence electrons. The average Bonchev–Trinajstić information content (AvgIpc) is 2.34. The van der Waals surface area contributed by atoms with E-state index in [0.29, 0.717) is 0 Å². The summed E-state index contributed by atoms with van der Waals surface area (Å²) in [6.45, 7) is 4.84. The second-order valence-electron chi connectivity index (χ2n) is 4.92. The van der Waals surface area contributed by atoms with Gasteiger partial charge >= 0.3 is 0 Å². The van der Waals surface area contributed by atoms with Crippen LogP contribution in [0.15, 0.2) is 30.6 Å². The van der Waals surface area contributed by atoms with E-state index in [1.807, 2.05) is 18.2 Å². The summed E-state index contributed by atoms with van der Waals surface area (Å²) in [6, 6.07) is 6.06. The minimum Gasteiger partial charge on any atom is -0.384 e. The van der Waals surface area contributed by atoms with Crippen molar-refractivity contribution < 1.29 is 4.74 Å². The Kier molecular flexibility index (Phi) is 2.44. The highest BCUT2D eigenvalue weighted by atomic mass is 16.5. The first kappa shape index (κ1) is 10.5. The lowest BCUT2D eigenvalue weighted by Crippen LogP contribution is -2.45. The van der Waals surface area contributed by atoms with Crippen LogP contribution in [-0.4, -0.2) is 29.7 Å². The Balaban J connectivity index is 1.76. The van der Waals surface area contributed by atoms with E-state index in [1.54, 1.807) is 12.4 Å². The number of benzene rings is 1. The minimum atomic E-state index is 0.275. The Morgan fingerprint density at radius 3 is 2.71 bits per heavy atom. The number of rotatable bonds is 3. The number of ether oxygens (including phenoxy) is 1. The average molecular weight is 229 g/mol. The van der Waals surface area contributed by atoms with E-state index in [1.165, 1.54) is 0 Å².